The van der Waals surface area contributed by atoms with Crippen LogP contribution in [0.4, 0.5) is 5.82 Å². The van der Waals surface area contributed by atoms with Crippen molar-refractivity contribution in [1.29, 1.82) is 0 Å². The van der Waals surface area contributed by atoms with Crippen LogP contribution in [0.15, 0.2) is 11.2 Å². The Morgan fingerprint density at radius 2 is 2.38 bits per heavy atom. The Hall–Kier alpha value is -1.30. The lowest BCUT2D eigenvalue weighted by molar-refractivity contribution is 0.0689. The van der Waals surface area contributed by atoms with Crippen LogP contribution in [-0.4, -0.2) is 26.8 Å². The number of hydrogen-bond donors (Lipinski definition) is 2. The van der Waals surface area contributed by atoms with E-state index in [9.17, 15) is 4.79 Å². The van der Waals surface area contributed by atoms with Gasteiger partial charge in [-0.2, -0.15) is 0 Å². The van der Waals surface area contributed by atoms with Gasteiger partial charge in [-0.05, 0) is 5.75 Å². The van der Waals surface area contributed by atoms with Crippen molar-refractivity contribution in [3.63, 3.8) is 0 Å². The van der Waals surface area contributed by atoms with Crippen molar-refractivity contribution in [2.24, 2.45) is 0 Å². The first kappa shape index (κ1) is 9.79. The molecule has 0 amide bonds. The molecule has 0 fully saturated rings. The lowest BCUT2D eigenvalue weighted by Crippen LogP contribution is -2.05. The van der Waals surface area contributed by atoms with E-state index in [0.29, 0.717) is 5.16 Å². The van der Waals surface area contributed by atoms with E-state index in [1.807, 2.05) is 6.92 Å². The molecule has 6 heteroatoms. The average Bonchev–Trinajstić information content (AvgIpc) is 2.03. The van der Waals surface area contributed by atoms with E-state index in [4.69, 9.17) is 10.8 Å². The normalized spacial score (nSPS) is 9.92. The Labute approximate surface area is 79.4 Å². The number of aromatic nitrogens is 2. The van der Waals surface area contributed by atoms with Crippen LogP contribution < -0.4 is 5.73 Å². The Morgan fingerprint density at radius 3 is 2.92 bits per heavy atom. The molecule has 0 aromatic carbocycles. The number of thioether (sulfide) groups is 1. The Morgan fingerprint density at radius 1 is 1.69 bits per heavy atom. The van der Waals surface area contributed by atoms with Crippen molar-refractivity contribution in [3.8, 4) is 0 Å². The zero-order valence-corrected chi connectivity index (χ0v) is 7.84. The van der Waals surface area contributed by atoms with Gasteiger partial charge < -0.3 is 10.8 Å². The molecule has 0 aliphatic carbocycles. The number of anilines is 1. The molecule has 13 heavy (non-hydrogen) atoms. The maximum Gasteiger partial charge on any atom is 0.354 e. The van der Waals surface area contributed by atoms with E-state index in [2.05, 4.69) is 9.97 Å². The number of nitrogens with zero attached hydrogens (tertiary/aromatic N) is 2. The number of nitrogen functional groups attached to an aromatic ring is 1. The molecule has 70 valence electrons. The minimum atomic E-state index is -1.09. The smallest absolute Gasteiger partial charge is 0.354 e. The molecule has 1 aromatic rings. The van der Waals surface area contributed by atoms with Crippen molar-refractivity contribution in [2.45, 2.75) is 12.1 Å². The average molecular weight is 199 g/mol. The number of carboxylic acids is 1. The summed E-state index contributed by atoms with van der Waals surface area (Å²) in [5.41, 5.74) is 5.33. The summed E-state index contributed by atoms with van der Waals surface area (Å²) in [5, 5.41) is 9.05. The number of rotatable bonds is 3. The fraction of sp³-hybridized carbons (Fsp3) is 0.286. The monoisotopic (exact) mass is 199 g/mol. The molecule has 5 nitrogen and oxygen atoms in total. The summed E-state index contributed by atoms with van der Waals surface area (Å²) in [6, 6.07) is 1.24. The van der Waals surface area contributed by atoms with Crippen molar-refractivity contribution in [1.82, 2.24) is 9.97 Å². The van der Waals surface area contributed by atoms with Crippen molar-refractivity contribution in [2.75, 3.05) is 11.5 Å². The highest BCUT2D eigenvalue weighted by atomic mass is 32.2. The Bertz CT molecular complexity index is 330. The first-order valence-corrected chi connectivity index (χ1v) is 4.62. The third kappa shape index (κ3) is 2.59. The molecule has 0 spiro atoms. The highest BCUT2D eigenvalue weighted by molar-refractivity contribution is 7.99. The van der Waals surface area contributed by atoms with Gasteiger partial charge >= 0.3 is 5.97 Å². The molecule has 0 aliphatic heterocycles. The summed E-state index contributed by atoms with van der Waals surface area (Å²) in [7, 11) is 0. The van der Waals surface area contributed by atoms with Crippen molar-refractivity contribution >= 4 is 23.5 Å². The van der Waals surface area contributed by atoms with Gasteiger partial charge in [0.15, 0.2) is 10.9 Å². The van der Waals surface area contributed by atoms with Gasteiger partial charge in [0.1, 0.15) is 5.82 Å². The van der Waals surface area contributed by atoms with Crippen molar-refractivity contribution < 1.29 is 9.90 Å². The standard InChI is InChI=1S/C7H9N3O2S/c1-2-13-7-9-4(6(11)12)3-5(8)10-7/h3H,2H2,1H3,(H,11,12)(H2,8,9,10). The zero-order chi connectivity index (χ0) is 9.84. The number of aromatic carboxylic acids is 1. The summed E-state index contributed by atoms with van der Waals surface area (Å²) in [6.07, 6.45) is 0. The highest BCUT2D eigenvalue weighted by Gasteiger charge is 2.08. The molecular formula is C7H9N3O2S. The second kappa shape index (κ2) is 4.08. The van der Waals surface area contributed by atoms with Gasteiger partial charge in [0, 0.05) is 6.07 Å². The number of hydrogen-bond acceptors (Lipinski definition) is 5. The second-order valence-corrected chi connectivity index (χ2v) is 3.43. The Kier molecular flexibility index (Phi) is 3.07. The van der Waals surface area contributed by atoms with Crippen LogP contribution in [0.2, 0.25) is 0 Å². The Balaban J connectivity index is 3.03. The lowest BCUT2D eigenvalue weighted by Gasteiger charge is -2.00. The van der Waals surface area contributed by atoms with Crippen LogP contribution >= 0.6 is 11.8 Å². The molecule has 0 aliphatic rings. The molecule has 0 saturated heterocycles. The topological polar surface area (TPSA) is 89.1 Å². The number of nitrogens with two attached hydrogens (primary N) is 1. The van der Waals surface area contributed by atoms with Crippen LogP contribution in [0.5, 0.6) is 0 Å². The maximum absolute atomic E-state index is 10.6. The summed E-state index contributed by atoms with van der Waals surface area (Å²) in [5.74, 6) is -0.127. The SMILES string of the molecule is CCSc1nc(N)cc(C(=O)O)n1. The van der Waals surface area contributed by atoms with E-state index in [1.165, 1.54) is 17.8 Å². The molecule has 1 rings (SSSR count). The summed E-state index contributed by atoms with van der Waals surface area (Å²) >= 11 is 1.36. The molecular weight excluding hydrogens is 190 g/mol. The highest BCUT2D eigenvalue weighted by Crippen LogP contribution is 2.14. The molecule has 1 heterocycles. The third-order valence-corrected chi connectivity index (χ3v) is 1.95. The molecule has 1 aromatic heterocycles. The minimum Gasteiger partial charge on any atom is -0.477 e. The number of carboxylic acid groups (broad SMARTS) is 1. The van der Waals surface area contributed by atoms with E-state index < -0.39 is 5.97 Å². The van der Waals surface area contributed by atoms with Gasteiger partial charge in [-0.25, -0.2) is 14.8 Å². The third-order valence-electron chi connectivity index (χ3n) is 1.22. The summed E-state index contributed by atoms with van der Waals surface area (Å²) in [6.45, 7) is 1.93. The van der Waals surface area contributed by atoms with E-state index in [1.54, 1.807) is 0 Å². The predicted octanol–water partition coefficient (Wildman–Crippen LogP) is 0.869. The van der Waals surface area contributed by atoms with Crippen molar-refractivity contribution in [3.05, 3.63) is 11.8 Å². The molecule has 0 unspecified atom stereocenters. The quantitative estimate of drug-likeness (QED) is 0.554. The fourth-order valence-corrected chi connectivity index (χ4v) is 1.34. The van der Waals surface area contributed by atoms with Gasteiger partial charge in [0.05, 0.1) is 0 Å². The molecule has 0 atom stereocenters. The first-order chi connectivity index (χ1) is 6.13. The van der Waals surface area contributed by atoms with Gasteiger partial charge in [-0.1, -0.05) is 18.7 Å². The predicted molar refractivity (Wildman–Crippen MR) is 49.8 cm³/mol. The second-order valence-electron chi connectivity index (χ2n) is 2.20. The minimum absolute atomic E-state index is 0.0662. The first-order valence-electron chi connectivity index (χ1n) is 3.64. The molecule has 0 radical (unpaired) electrons. The molecule has 3 N–H and O–H groups in total. The van der Waals surface area contributed by atoms with Gasteiger partial charge in [-0.3, -0.25) is 0 Å². The van der Waals surface area contributed by atoms with Crippen LogP contribution in [-0.2, 0) is 0 Å². The number of carbonyl (C=O) groups is 1. The zero-order valence-electron chi connectivity index (χ0n) is 7.02. The molecule has 0 bridgehead atoms. The largest absolute Gasteiger partial charge is 0.477 e. The summed E-state index contributed by atoms with van der Waals surface area (Å²) in [4.78, 5) is 18.2. The summed E-state index contributed by atoms with van der Waals surface area (Å²) < 4.78 is 0. The fourth-order valence-electron chi connectivity index (χ4n) is 0.746. The van der Waals surface area contributed by atoms with Crippen LogP contribution in [0.1, 0.15) is 17.4 Å². The van der Waals surface area contributed by atoms with Crippen LogP contribution in [0.25, 0.3) is 0 Å². The van der Waals surface area contributed by atoms with E-state index in [0.717, 1.165) is 5.75 Å². The molecule has 0 saturated carbocycles. The lowest BCUT2D eigenvalue weighted by atomic mass is 10.4. The van der Waals surface area contributed by atoms with Gasteiger partial charge in [-0.15, -0.1) is 0 Å². The maximum atomic E-state index is 10.6. The van der Waals surface area contributed by atoms with Gasteiger partial charge in [0.25, 0.3) is 0 Å². The van der Waals surface area contributed by atoms with E-state index in [-0.39, 0.29) is 11.5 Å². The van der Waals surface area contributed by atoms with Crippen LogP contribution in [0, 0.1) is 0 Å². The van der Waals surface area contributed by atoms with Crippen LogP contribution in [0.3, 0.4) is 0 Å². The van der Waals surface area contributed by atoms with Gasteiger partial charge in [0.2, 0.25) is 0 Å². The van der Waals surface area contributed by atoms with E-state index >= 15 is 0 Å².